The minimum absolute atomic E-state index is 0.163. The average molecular weight is 1120 g/mol. The summed E-state index contributed by atoms with van der Waals surface area (Å²) in [5.41, 5.74) is 0. The molecule has 0 fully saturated rings. The molecule has 0 spiro atoms. The summed E-state index contributed by atoms with van der Waals surface area (Å²) in [5.74, 6) is -2.14. The SMILES string of the molecule is CC/C=C\C/C=C\C/C=C\C/C=C\C/C=C\C/C=C\C/C=C\C/C=C\C/C=C\C/C=C\C/C=C\CCCCCCCC(=O)OC(COC(=O)CCC/C=C\C/C=C\C/C=C\C/C=C\C/C=C\CC)COC(OCC[N+](C)(C)C)C(=O)O. The van der Waals surface area contributed by atoms with E-state index < -0.39 is 30.3 Å². The number of carboxylic acids is 1. The Kier molecular flexibility index (Phi) is 55.9. The molecule has 0 bridgehead atoms. The number of unbranched alkanes of at least 4 members (excludes halogenated alkanes) is 6. The van der Waals surface area contributed by atoms with Gasteiger partial charge in [-0.2, -0.15) is 0 Å². The number of carboxylic acid groups (broad SMARTS) is 1. The number of quaternary nitrogens is 1. The highest BCUT2D eigenvalue weighted by atomic mass is 16.7. The smallest absolute Gasteiger partial charge is 0.361 e. The van der Waals surface area contributed by atoms with Crippen LogP contribution in [-0.4, -0.2) is 87.4 Å². The van der Waals surface area contributed by atoms with E-state index in [2.05, 4.69) is 208 Å². The fourth-order valence-corrected chi connectivity index (χ4v) is 7.23. The molecule has 0 saturated heterocycles. The highest BCUT2D eigenvalue weighted by molar-refractivity contribution is 5.71. The van der Waals surface area contributed by atoms with Crippen molar-refractivity contribution < 1.29 is 42.9 Å². The van der Waals surface area contributed by atoms with E-state index in [4.69, 9.17) is 18.9 Å². The lowest BCUT2D eigenvalue weighted by Crippen LogP contribution is -2.40. The second-order valence-corrected chi connectivity index (χ2v) is 20.5. The van der Waals surface area contributed by atoms with Crippen LogP contribution in [0.4, 0.5) is 0 Å². The van der Waals surface area contributed by atoms with E-state index in [1.54, 1.807) is 0 Å². The Bertz CT molecular complexity index is 2020. The van der Waals surface area contributed by atoms with Crippen molar-refractivity contribution in [2.45, 2.75) is 193 Å². The summed E-state index contributed by atoms with van der Waals surface area (Å²) in [6, 6.07) is 0. The Balaban J connectivity index is 4.32. The number of hydrogen-bond acceptors (Lipinski definition) is 7. The molecule has 2 atom stereocenters. The molecule has 9 nitrogen and oxygen atoms in total. The van der Waals surface area contributed by atoms with Crippen molar-refractivity contribution in [1.82, 2.24) is 0 Å². The third-order valence-corrected chi connectivity index (χ3v) is 11.8. The van der Waals surface area contributed by atoms with E-state index in [-0.39, 0.29) is 32.7 Å². The van der Waals surface area contributed by atoms with Gasteiger partial charge in [-0.05, 0) is 135 Å². The Morgan fingerprint density at radius 3 is 1.02 bits per heavy atom. The number of allylic oxidation sites excluding steroid dienone is 32. The normalized spacial score (nSPS) is 14.1. The van der Waals surface area contributed by atoms with Crippen LogP contribution in [0.1, 0.15) is 181 Å². The number of nitrogens with zero attached hydrogens (tertiary/aromatic N) is 1. The molecule has 81 heavy (non-hydrogen) atoms. The summed E-state index contributed by atoms with van der Waals surface area (Å²) in [6.07, 6.45) is 91.0. The van der Waals surface area contributed by atoms with Crippen molar-refractivity contribution in [1.29, 1.82) is 0 Å². The molecule has 0 aromatic carbocycles. The molecule has 450 valence electrons. The van der Waals surface area contributed by atoms with Gasteiger partial charge in [-0.15, -0.1) is 0 Å². The van der Waals surface area contributed by atoms with Gasteiger partial charge in [0.05, 0.1) is 34.4 Å². The predicted molar refractivity (Wildman–Crippen MR) is 345 cm³/mol. The van der Waals surface area contributed by atoms with Crippen LogP contribution < -0.4 is 0 Å². The summed E-state index contributed by atoms with van der Waals surface area (Å²) in [5, 5.41) is 9.70. The lowest BCUT2D eigenvalue weighted by Gasteiger charge is -2.25. The Hall–Kier alpha value is -5.87. The molecule has 0 aromatic heterocycles. The van der Waals surface area contributed by atoms with E-state index in [0.29, 0.717) is 23.9 Å². The summed E-state index contributed by atoms with van der Waals surface area (Å²) >= 11 is 0. The molecule has 1 N–H and O–H groups in total. The van der Waals surface area contributed by atoms with Crippen molar-refractivity contribution in [3.05, 3.63) is 194 Å². The Morgan fingerprint density at radius 2 is 0.679 bits per heavy atom. The maximum Gasteiger partial charge on any atom is 0.361 e. The molecule has 0 amide bonds. The third kappa shape index (κ3) is 61.6. The van der Waals surface area contributed by atoms with Crippen LogP contribution in [0.25, 0.3) is 0 Å². The van der Waals surface area contributed by atoms with E-state index in [0.717, 1.165) is 141 Å². The van der Waals surface area contributed by atoms with E-state index >= 15 is 0 Å². The zero-order valence-electron chi connectivity index (χ0n) is 51.1. The van der Waals surface area contributed by atoms with Gasteiger partial charge < -0.3 is 28.5 Å². The van der Waals surface area contributed by atoms with E-state index in [1.165, 1.54) is 0 Å². The molecule has 0 radical (unpaired) electrons. The summed E-state index contributed by atoms with van der Waals surface area (Å²) in [6.45, 7) is 4.51. The fourth-order valence-electron chi connectivity index (χ4n) is 7.23. The number of aliphatic carboxylic acids is 1. The molecule has 0 aliphatic carbocycles. The number of esters is 2. The van der Waals surface area contributed by atoms with Gasteiger partial charge in [0, 0.05) is 12.8 Å². The van der Waals surface area contributed by atoms with Gasteiger partial charge in [0.25, 0.3) is 6.29 Å². The van der Waals surface area contributed by atoms with Crippen LogP contribution in [-0.2, 0) is 33.3 Å². The molecule has 2 unspecified atom stereocenters. The standard InChI is InChI=1S/C72H109NO8/c1-6-8-10-12-14-16-18-20-22-24-25-26-27-28-29-30-31-32-33-34-35-36-37-38-39-40-41-42-43-44-45-47-49-51-53-55-57-59-61-63-70(75)81-68(67-80-72(71(76)77)78-65-64-73(3,4)5)66-79-69(74)62-60-58-56-54-52-50-48-46-23-21-19-17-15-13-11-9-7-2/h8-11,14-17,20-23,25-26,28-29,31-32,34-35,37-38,40-41,43-44,47-50,54,56,68,72H,6-7,12-13,18-19,24,27,30,33,36,39,42,45-46,51-53,55,57-67H2,1-5H3/p+1/b10-8-,11-9-,16-14-,17-15-,22-20-,23-21-,26-25-,29-28-,32-31-,35-34-,38-37-,41-40-,44-43-,49-47-,50-48-,56-54-. The first-order chi connectivity index (χ1) is 39.6. The average Bonchev–Trinajstić information content (AvgIpc) is 3.44. The summed E-state index contributed by atoms with van der Waals surface area (Å²) < 4.78 is 22.8. The molecular formula is C72H110NO8+. The number of rotatable bonds is 53. The van der Waals surface area contributed by atoms with Crippen molar-refractivity contribution in [2.75, 3.05) is 47.5 Å². The monoisotopic (exact) mass is 1120 g/mol. The van der Waals surface area contributed by atoms with Crippen LogP contribution in [0, 0.1) is 0 Å². The van der Waals surface area contributed by atoms with Crippen molar-refractivity contribution >= 4 is 17.9 Å². The zero-order valence-corrected chi connectivity index (χ0v) is 51.1. The predicted octanol–water partition coefficient (Wildman–Crippen LogP) is 18.7. The van der Waals surface area contributed by atoms with Crippen molar-refractivity contribution in [2.24, 2.45) is 0 Å². The minimum Gasteiger partial charge on any atom is -0.477 e. The highest BCUT2D eigenvalue weighted by Gasteiger charge is 2.25. The van der Waals surface area contributed by atoms with Crippen LogP contribution >= 0.6 is 0 Å². The maximum atomic E-state index is 12.9. The van der Waals surface area contributed by atoms with E-state index in [1.807, 2.05) is 21.1 Å². The van der Waals surface area contributed by atoms with Gasteiger partial charge in [0.1, 0.15) is 13.2 Å². The number of likely N-dealkylation sites (N-methyl/N-ethyl adjacent to an activating group) is 1. The van der Waals surface area contributed by atoms with Gasteiger partial charge in [0.15, 0.2) is 6.10 Å². The Labute approximate surface area is 493 Å². The van der Waals surface area contributed by atoms with Crippen LogP contribution in [0.3, 0.4) is 0 Å². The van der Waals surface area contributed by atoms with Gasteiger partial charge in [-0.3, -0.25) is 9.59 Å². The number of carbonyl (C=O) groups excluding carboxylic acids is 2. The summed E-state index contributed by atoms with van der Waals surface area (Å²) in [7, 11) is 5.92. The maximum absolute atomic E-state index is 12.9. The van der Waals surface area contributed by atoms with Gasteiger partial charge in [-0.1, -0.05) is 228 Å². The van der Waals surface area contributed by atoms with Gasteiger partial charge in [0.2, 0.25) is 0 Å². The molecule has 0 aliphatic rings. The number of ether oxygens (including phenoxy) is 4. The first kappa shape index (κ1) is 75.1. The molecule has 9 heteroatoms. The van der Waals surface area contributed by atoms with Crippen LogP contribution in [0.15, 0.2) is 194 Å². The fraction of sp³-hybridized carbons (Fsp3) is 0.514. The van der Waals surface area contributed by atoms with Crippen LogP contribution in [0.5, 0.6) is 0 Å². The Morgan fingerprint density at radius 1 is 0.370 bits per heavy atom. The van der Waals surface area contributed by atoms with Gasteiger partial charge in [-0.25, -0.2) is 4.79 Å². The number of hydrogen-bond donors (Lipinski definition) is 1. The second kappa shape index (κ2) is 60.2. The lowest BCUT2D eigenvalue weighted by atomic mass is 10.1. The van der Waals surface area contributed by atoms with Crippen LogP contribution in [0.2, 0.25) is 0 Å². The molecule has 0 heterocycles. The quantitative estimate of drug-likeness (QED) is 0.0211. The lowest BCUT2D eigenvalue weighted by molar-refractivity contribution is -0.870. The topological polar surface area (TPSA) is 108 Å². The molecule has 0 aliphatic heterocycles. The number of carbonyl (C=O) groups is 3. The zero-order chi connectivity index (χ0) is 59.1. The minimum atomic E-state index is -1.54. The van der Waals surface area contributed by atoms with E-state index in [9.17, 15) is 19.5 Å². The highest BCUT2D eigenvalue weighted by Crippen LogP contribution is 2.12. The molecule has 0 rings (SSSR count). The van der Waals surface area contributed by atoms with Gasteiger partial charge >= 0.3 is 17.9 Å². The first-order valence-corrected chi connectivity index (χ1v) is 30.6. The van der Waals surface area contributed by atoms with Crippen molar-refractivity contribution in [3.63, 3.8) is 0 Å². The largest absolute Gasteiger partial charge is 0.477 e. The van der Waals surface area contributed by atoms with Crippen molar-refractivity contribution in [3.8, 4) is 0 Å². The third-order valence-electron chi connectivity index (χ3n) is 11.8. The summed E-state index contributed by atoms with van der Waals surface area (Å²) in [4.78, 5) is 37.4. The second-order valence-electron chi connectivity index (χ2n) is 20.5. The molecular weight excluding hydrogens is 1010 g/mol. The molecule has 0 aromatic rings. The first-order valence-electron chi connectivity index (χ1n) is 30.6. The molecule has 0 saturated carbocycles.